The number of nitrogens with zero attached hydrogens (tertiary/aromatic N) is 2. The van der Waals surface area contributed by atoms with Crippen molar-refractivity contribution in [3.63, 3.8) is 0 Å². The lowest BCUT2D eigenvalue weighted by atomic mass is 10.3. The molecular formula is C19H20Cl2N2O3S2. The molecule has 2 aromatic carbocycles. The van der Waals surface area contributed by atoms with Crippen molar-refractivity contribution in [1.29, 1.82) is 0 Å². The first-order chi connectivity index (χ1) is 13.3. The maximum absolute atomic E-state index is 12.8. The van der Waals surface area contributed by atoms with Crippen molar-refractivity contribution >= 4 is 50.9 Å². The number of halogens is 2. The Labute approximate surface area is 179 Å². The second kappa shape index (κ2) is 9.05. The van der Waals surface area contributed by atoms with E-state index in [4.69, 9.17) is 23.2 Å². The van der Waals surface area contributed by atoms with Gasteiger partial charge in [0.05, 0.1) is 15.3 Å². The Balaban J connectivity index is 1.62. The van der Waals surface area contributed by atoms with E-state index in [9.17, 15) is 13.2 Å². The first-order valence-electron chi connectivity index (χ1n) is 8.75. The maximum Gasteiger partial charge on any atom is 0.244 e. The third-order valence-corrected chi connectivity index (χ3v) is 8.50. The summed E-state index contributed by atoms with van der Waals surface area (Å²) in [6.07, 6.45) is 0. The van der Waals surface area contributed by atoms with Gasteiger partial charge in [-0.25, -0.2) is 8.42 Å². The minimum atomic E-state index is -3.68. The van der Waals surface area contributed by atoms with Crippen LogP contribution in [0.2, 0.25) is 10.0 Å². The van der Waals surface area contributed by atoms with Gasteiger partial charge in [0.2, 0.25) is 15.9 Å². The molecule has 28 heavy (non-hydrogen) atoms. The molecule has 2 aromatic rings. The van der Waals surface area contributed by atoms with Crippen LogP contribution >= 0.6 is 35.0 Å². The fourth-order valence-electron chi connectivity index (χ4n) is 2.98. The van der Waals surface area contributed by atoms with Crippen LogP contribution < -0.4 is 0 Å². The highest BCUT2D eigenvalue weighted by molar-refractivity contribution is 8.00. The highest BCUT2D eigenvalue weighted by Crippen LogP contribution is 2.31. The molecule has 1 fully saturated rings. The maximum atomic E-state index is 12.8. The quantitative estimate of drug-likeness (QED) is 0.635. The van der Waals surface area contributed by atoms with E-state index >= 15 is 0 Å². The molecule has 1 amide bonds. The summed E-state index contributed by atoms with van der Waals surface area (Å²) >= 11 is 13.6. The Morgan fingerprint density at radius 2 is 1.54 bits per heavy atom. The van der Waals surface area contributed by atoms with Crippen molar-refractivity contribution in [3.05, 3.63) is 58.6 Å². The predicted octanol–water partition coefficient (Wildman–Crippen LogP) is 4.01. The molecule has 0 saturated carbocycles. The largest absolute Gasteiger partial charge is 0.339 e. The number of amides is 1. The predicted molar refractivity (Wildman–Crippen MR) is 114 cm³/mol. The van der Waals surface area contributed by atoms with Crippen LogP contribution in [0.5, 0.6) is 0 Å². The lowest BCUT2D eigenvalue weighted by Crippen LogP contribution is -2.52. The van der Waals surface area contributed by atoms with E-state index in [-0.39, 0.29) is 34.2 Å². The standard InChI is InChI=1S/C19H20Cl2N2O3S2/c1-14(27-17-8-4-2-6-15(17)20)19(24)22-10-12-23(13-11-22)28(25,26)18-9-5-3-7-16(18)21/h2-9,14H,10-13H2,1H3. The van der Waals surface area contributed by atoms with Crippen LogP contribution in [0.1, 0.15) is 6.92 Å². The van der Waals surface area contributed by atoms with E-state index in [0.29, 0.717) is 18.1 Å². The fraction of sp³-hybridized carbons (Fsp3) is 0.316. The summed E-state index contributed by atoms with van der Waals surface area (Å²) in [7, 11) is -3.68. The van der Waals surface area contributed by atoms with Gasteiger partial charge in [0.15, 0.2) is 0 Å². The molecule has 1 aliphatic rings. The molecule has 1 heterocycles. The summed E-state index contributed by atoms with van der Waals surface area (Å²) in [4.78, 5) is 15.4. The van der Waals surface area contributed by atoms with Crippen molar-refractivity contribution < 1.29 is 13.2 Å². The molecule has 1 saturated heterocycles. The van der Waals surface area contributed by atoms with Crippen molar-refractivity contribution in [2.75, 3.05) is 26.2 Å². The summed E-state index contributed by atoms with van der Waals surface area (Å²) in [5, 5.41) is 0.500. The van der Waals surface area contributed by atoms with Gasteiger partial charge in [-0.05, 0) is 31.2 Å². The summed E-state index contributed by atoms with van der Waals surface area (Å²) in [5.74, 6) is -0.0280. The van der Waals surface area contributed by atoms with Gasteiger partial charge in [0, 0.05) is 31.1 Å². The first-order valence-corrected chi connectivity index (χ1v) is 11.8. The summed E-state index contributed by atoms with van der Waals surface area (Å²) in [6, 6.07) is 13.8. The molecule has 1 atom stereocenters. The van der Waals surface area contributed by atoms with E-state index < -0.39 is 10.0 Å². The molecular weight excluding hydrogens is 439 g/mol. The van der Waals surface area contributed by atoms with Crippen LogP contribution in [0.3, 0.4) is 0 Å². The Hall–Kier alpha value is -1.25. The molecule has 0 aliphatic carbocycles. The van der Waals surface area contributed by atoms with Gasteiger partial charge in [-0.1, -0.05) is 47.5 Å². The van der Waals surface area contributed by atoms with Crippen molar-refractivity contribution in [2.24, 2.45) is 0 Å². The highest BCUT2D eigenvalue weighted by Gasteiger charge is 2.32. The normalized spacial score (nSPS) is 16.8. The van der Waals surface area contributed by atoms with Crippen LogP contribution in [0.15, 0.2) is 58.3 Å². The van der Waals surface area contributed by atoms with Gasteiger partial charge in [-0.2, -0.15) is 4.31 Å². The van der Waals surface area contributed by atoms with E-state index in [0.717, 1.165) is 4.90 Å². The third kappa shape index (κ3) is 4.66. The number of benzene rings is 2. The monoisotopic (exact) mass is 458 g/mol. The van der Waals surface area contributed by atoms with E-state index in [1.165, 1.54) is 22.1 Å². The van der Waals surface area contributed by atoms with Gasteiger partial charge in [-0.15, -0.1) is 11.8 Å². The Morgan fingerprint density at radius 1 is 0.964 bits per heavy atom. The Kier molecular flexibility index (Phi) is 6.94. The molecule has 1 aliphatic heterocycles. The highest BCUT2D eigenvalue weighted by atomic mass is 35.5. The number of thioether (sulfide) groups is 1. The van der Waals surface area contributed by atoms with Crippen molar-refractivity contribution in [3.8, 4) is 0 Å². The lowest BCUT2D eigenvalue weighted by molar-refractivity contribution is -0.131. The van der Waals surface area contributed by atoms with Crippen LogP contribution in [-0.4, -0.2) is 55.0 Å². The minimum Gasteiger partial charge on any atom is -0.339 e. The van der Waals surface area contributed by atoms with Crippen LogP contribution in [0, 0.1) is 0 Å². The number of rotatable bonds is 5. The van der Waals surface area contributed by atoms with E-state index in [1.54, 1.807) is 29.2 Å². The smallest absolute Gasteiger partial charge is 0.244 e. The molecule has 1 unspecified atom stereocenters. The number of carbonyl (C=O) groups excluding carboxylic acids is 1. The van der Waals surface area contributed by atoms with Crippen molar-refractivity contribution in [1.82, 2.24) is 9.21 Å². The molecule has 5 nitrogen and oxygen atoms in total. The molecule has 0 aromatic heterocycles. The van der Waals surface area contributed by atoms with E-state index in [1.807, 2.05) is 25.1 Å². The van der Waals surface area contributed by atoms with Crippen molar-refractivity contribution in [2.45, 2.75) is 22.0 Å². The second-order valence-corrected chi connectivity index (χ2v) is 10.5. The Morgan fingerprint density at radius 3 is 2.14 bits per heavy atom. The second-order valence-electron chi connectivity index (χ2n) is 6.35. The SMILES string of the molecule is CC(Sc1ccccc1Cl)C(=O)N1CCN(S(=O)(=O)c2ccccc2Cl)CC1. The molecule has 0 N–H and O–H groups in total. The average Bonchev–Trinajstić information content (AvgIpc) is 2.69. The van der Waals surface area contributed by atoms with Gasteiger partial charge in [-0.3, -0.25) is 4.79 Å². The fourth-order valence-corrected chi connectivity index (χ4v) is 6.13. The average molecular weight is 459 g/mol. The summed E-state index contributed by atoms with van der Waals surface area (Å²) in [5.41, 5.74) is 0. The van der Waals surface area contributed by atoms with E-state index in [2.05, 4.69) is 0 Å². The summed E-state index contributed by atoms with van der Waals surface area (Å²) < 4.78 is 27.0. The molecule has 0 bridgehead atoms. The minimum absolute atomic E-state index is 0.0280. The topological polar surface area (TPSA) is 57.7 Å². The zero-order valence-electron chi connectivity index (χ0n) is 15.2. The van der Waals surface area contributed by atoms with Crippen LogP contribution in [0.25, 0.3) is 0 Å². The van der Waals surface area contributed by atoms with Crippen LogP contribution in [-0.2, 0) is 14.8 Å². The molecule has 150 valence electrons. The number of hydrogen-bond acceptors (Lipinski definition) is 4. The lowest BCUT2D eigenvalue weighted by Gasteiger charge is -2.35. The molecule has 9 heteroatoms. The summed E-state index contributed by atoms with van der Waals surface area (Å²) in [6.45, 7) is 3.00. The number of sulfonamides is 1. The molecule has 0 spiro atoms. The number of hydrogen-bond donors (Lipinski definition) is 0. The third-order valence-electron chi connectivity index (χ3n) is 4.49. The van der Waals surface area contributed by atoms with Gasteiger partial charge < -0.3 is 4.90 Å². The number of piperazine rings is 1. The van der Waals surface area contributed by atoms with Gasteiger partial charge in [0.1, 0.15) is 4.90 Å². The Bertz CT molecular complexity index is 961. The molecule has 3 rings (SSSR count). The van der Waals surface area contributed by atoms with Gasteiger partial charge in [0.25, 0.3) is 0 Å². The number of carbonyl (C=O) groups is 1. The zero-order chi connectivity index (χ0) is 20.3. The van der Waals surface area contributed by atoms with Gasteiger partial charge >= 0.3 is 0 Å². The first kappa shape index (κ1) is 21.5. The zero-order valence-corrected chi connectivity index (χ0v) is 18.4. The van der Waals surface area contributed by atoms with Crippen LogP contribution in [0.4, 0.5) is 0 Å². The molecule has 0 radical (unpaired) electrons.